The topological polar surface area (TPSA) is 68.0 Å². The summed E-state index contributed by atoms with van der Waals surface area (Å²) in [6, 6.07) is 17.2. The van der Waals surface area contributed by atoms with Crippen molar-refractivity contribution in [3.8, 4) is 10.6 Å². The summed E-state index contributed by atoms with van der Waals surface area (Å²) >= 11 is 1.32. The third-order valence-electron chi connectivity index (χ3n) is 3.56. The number of fused-ring (bicyclic) bond motifs is 1. The molecule has 0 aliphatic carbocycles. The molecule has 0 aliphatic rings. The van der Waals surface area contributed by atoms with Gasteiger partial charge in [0.1, 0.15) is 10.6 Å². The number of hydrogen-bond donors (Lipinski definition) is 1. The second-order valence-electron chi connectivity index (χ2n) is 5.38. The van der Waals surface area contributed by atoms with Crippen molar-refractivity contribution >= 4 is 33.3 Å². The number of amides is 1. The van der Waals surface area contributed by atoms with Gasteiger partial charge in [-0.2, -0.15) is 0 Å². The summed E-state index contributed by atoms with van der Waals surface area (Å²) in [5, 5.41) is 13.0. The van der Waals surface area contributed by atoms with Crippen LogP contribution >= 0.6 is 11.3 Å². The summed E-state index contributed by atoms with van der Waals surface area (Å²) in [6.07, 6.45) is 0. The van der Waals surface area contributed by atoms with Gasteiger partial charge in [-0.1, -0.05) is 53.3 Å². The highest BCUT2D eigenvalue weighted by Crippen LogP contribution is 2.27. The van der Waals surface area contributed by atoms with E-state index in [0.717, 1.165) is 21.5 Å². The maximum absolute atomic E-state index is 12.3. The lowest BCUT2D eigenvalue weighted by molar-refractivity contribution is 0.0998. The molecule has 4 rings (SSSR count). The Hall–Kier alpha value is -2.99. The number of benzene rings is 2. The van der Waals surface area contributed by atoms with Crippen molar-refractivity contribution in [2.24, 2.45) is 0 Å². The van der Waals surface area contributed by atoms with E-state index in [1.807, 2.05) is 55.5 Å². The second kappa shape index (κ2) is 5.90. The quantitative estimate of drug-likeness (QED) is 0.598. The molecule has 4 aromatic rings. The fourth-order valence-corrected chi connectivity index (χ4v) is 3.15. The summed E-state index contributed by atoms with van der Waals surface area (Å²) in [5.41, 5.74) is 2.77. The zero-order chi connectivity index (χ0) is 16.5. The third-order valence-corrected chi connectivity index (χ3v) is 4.45. The van der Waals surface area contributed by atoms with E-state index in [0.29, 0.717) is 10.7 Å². The van der Waals surface area contributed by atoms with Crippen LogP contribution in [0.15, 0.2) is 59.0 Å². The highest BCUT2D eigenvalue weighted by Gasteiger charge is 2.15. The standard InChI is InChI=1S/C18H13N3O2S/c1-11-7-8-14-13(9-11)10-15(23-14)16(22)19-18-21-20-17(24-18)12-5-3-2-4-6-12/h2-10H,1H3,(H,19,21,22). The Morgan fingerprint density at radius 3 is 2.75 bits per heavy atom. The van der Waals surface area contributed by atoms with Crippen LogP contribution in [-0.4, -0.2) is 16.1 Å². The summed E-state index contributed by atoms with van der Waals surface area (Å²) in [5.74, 6) is -0.0772. The summed E-state index contributed by atoms with van der Waals surface area (Å²) < 4.78 is 5.59. The van der Waals surface area contributed by atoms with Crippen molar-refractivity contribution in [2.45, 2.75) is 6.92 Å². The Bertz CT molecular complexity index is 1020. The molecule has 0 radical (unpaired) electrons. The molecule has 0 saturated heterocycles. The van der Waals surface area contributed by atoms with E-state index in [9.17, 15) is 4.79 Å². The zero-order valence-corrected chi connectivity index (χ0v) is 13.6. The van der Waals surface area contributed by atoms with Gasteiger partial charge in [0.05, 0.1) is 0 Å². The van der Waals surface area contributed by atoms with E-state index < -0.39 is 0 Å². The van der Waals surface area contributed by atoms with E-state index >= 15 is 0 Å². The molecule has 0 bridgehead atoms. The molecular weight excluding hydrogens is 322 g/mol. The number of anilines is 1. The Labute approximate surface area is 142 Å². The van der Waals surface area contributed by atoms with Gasteiger partial charge in [0.25, 0.3) is 5.91 Å². The van der Waals surface area contributed by atoms with Crippen LogP contribution in [0.25, 0.3) is 21.5 Å². The summed E-state index contributed by atoms with van der Waals surface area (Å²) in [6.45, 7) is 2.00. The molecule has 0 aliphatic heterocycles. The molecule has 24 heavy (non-hydrogen) atoms. The van der Waals surface area contributed by atoms with E-state index in [1.54, 1.807) is 6.07 Å². The van der Waals surface area contributed by atoms with Crippen molar-refractivity contribution in [3.63, 3.8) is 0 Å². The first-order valence-electron chi connectivity index (χ1n) is 7.39. The third kappa shape index (κ3) is 2.79. The molecular formula is C18H13N3O2S. The maximum Gasteiger partial charge on any atom is 0.293 e. The Balaban J connectivity index is 1.56. The average molecular weight is 335 g/mol. The van der Waals surface area contributed by atoms with Crippen molar-refractivity contribution in [3.05, 3.63) is 65.9 Å². The first-order chi connectivity index (χ1) is 11.7. The fourth-order valence-electron chi connectivity index (χ4n) is 2.40. The monoisotopic (exact) mass is 335 g/mol. The molecule has 118 valence electrons. The molecule has 5 nitrogen and oxygen atoms in total. The maximum atomic E-state index is 12.3. The summed E-state index contributed by atoms with van der Waals surface area (Å²) in [4.78, 5) is 12.3. The minimum absolute atomic E-state index is 0.257. The van der Waals surface area contributed by atoms with Crippen molar-refractivity contribution in [1.29, 1.82) is 0 Å². The lowest BCUT2D eigenvalue weighted by Gasteiger charge is -1.96. The molecule has 1 amide bonds. The van der Waals surface area contributed by atoms with Gasteiger partial charge in [0.2, 0.25) is 5.13 Å². The summed E-state index contributed by atoms with van der Waals surface area (Å²) in [7, 11) is 0. The predicted octanol–water partition coefficient (Wildman–Crippen LogP) is 4.51. The lowest BCUT2D eigenvalue weighted by atomic mass is 10.2. The first kappa shape index (κ1) is 14.6. The van der Waals surface area contributed by atoms with Gasteiger partial charge in [-0.3, -0.25) is 10.1 Å². The number of furan rings is 1. The van der Waals surface area contributed by atoms with E-state index in [4.69, 9.17) is 4.42 Å². The molecule has 0 fully saturated rings. The van der Waals surface area contributed by atoms with Crippen LogP contribution < -0.4 is 5.32 Å². The van der Waals surface area contributed by atoms with Crippen LogP contribution in [0.2, 0.25) is 0 Å². The van der Waals surface area contributed by atoms with Gasteiger partial charge >= 0.3 is 0 Å². The highest BCUT2D eigenvalue weighted by atomic mass is 32.1. The predicted molar refractivity (Wildman–Crippen MR) is 94.2 cm³/mol. The largest absolute Gasteiger partial charge is 0.451 e. The average Bonchev–Trinajstić information content (AvgIpc) is 3.22. The number of aryl methyl sites for hydroxylation is 1. The Morgan fingerprint density at radius 2 is 1.92 bits per heavy atom. The smallest absolute Gasteiger partial charge is 0.293 e. The minimum atomic E-state index is -0.334. The molecule has 2 aromatic heterocycles. The number of rotatable bonds is 3. The molecule has 0 unspecified atom stereocenters. The number of carbonyl (C=O) groups is 1. The highest BCUT2D eigenvalue weighted by molar-refractivity contribution is 7.18. The van der Waals surface area contributed by atoms with Crippen LogP contribution in [0.4, 0.5) is 5.13 Å². The molecule has 2 aromatic carbocycles. The molecule has 0 atom stereocenters. The molecule has 6 heteroatoms. The normalized spacial score (nSPS) is 10.9. The SMILES string of the molecule is Cc1ccc2oc(C(=O)Nc3nnc(-c4ccccc4)s3)cc2c1. The van der Waals surface area contributed by atoms with Crippen LogP contribution in [0.3, 0.4) is 0 Å². The fraction of sp³-hybridized carbons (Fsp3) is 0.0556. The Morgan fingerprint density at radius 1 is 1.08 bits per heavy atom. The van der Waals surface area contributed by atoms with Gasteiger partial charge in [-0.25, -0.2) is 0 Å². The number of nitrogens with one attached hydrogen (secondary N) is 1. The molecule has 0 spiro atoms. The Kier molecular flexibility index (Phi) is 3.59. The van der Waals surface area contributed by atoms with E-state index in [2.05, 4.69) is 15.5 Å². The number of hydrogen-bond acceptors (Lipinski definition) is 5. The van der Waals surface area contributed by atoms with Crippen LogP contribution in [0.5, 0.6) is 0 Å². The minimum Gasteiger partial charge on any atom is -0.451 e. The van der Waals surface area contributed by atoms with Gasteiger partial charge in [-0.05, 0) is 25.1 Å². The number of nitrogens with zero attached hydrogens (tertiary/aromatic N) is 2. The number of carbonyl (C=O) groups excluding carboxylic acids is 1. The van der Waals surface area contributed by atoms with Crippen molar-refractivity contribution in [2.75, 3.05) is 5.32 Å². The van der Waals surface area contributed by atoms with Gasteiger partial charge in [-0.15, -0.1) is 10.2 Å². The zero-order valence-electron chi connectivity index (χ0n) is 12.8. The van der Waals surface area contributed by atoms with Crippen LogP contribution in [0, 0.1) is 6.92 Å². The van der Waals surface area contributed by atoms with Crippen LogP contribution in [0.1, 0.15) is 16.1 Å². The van der Waals surface area contributed by atoms with Crippen molar-refractivity contribution in [1.82, 2.24) is 10.2 Å². The van der Waals surface area contributed by atoms with E-state index in [1.165, 1.54) is 11.3 Å². The molecule has 0 saturated carbocycles. The molecule has 2 heterocycles. The first-order valence-corrected chi connectivity index (χ1v) is 8.21. The lowest BCUT2D eigenvalue weighted by Crippen LogP contribution is -2.10. The van der Waals surface area contributed by atoms with Gasteiger partial charge in [0, 0.05) is 10.9 Å². The van der Waals surface area contributed by atoms with Crippen molar-refractivity contribution < 1.29 is 9.21 Å². The van der Waals surface area contributed by atoms with Gasteiger partial charge < -0.3 is 4.42 Å². The van der Waals surface area contributed by atoms with Crippen LogP contribution in [-0.2, 0) is 0 Å². The molecule has 1 N–H and O–H groups in total. The second-order valence-corrected chi connectivity index (χ2v) is 6.36. The number of aromatic nitrogens is 2. The van der Waals surface area contributed by atoms with E-state index in [-0.39, 0.29) is 11.7 Å². The van der Waals surface area contributed by atoms with Gasteiger partial charge in [0.15, 0.2) is 5.76 Å².